The van der Waals surface area contributed by atoms with Crippen LogP contribution in [0.4, 0.5) is 11.4 Å². The van der Waals surface area contributed by atoms with Crippen LogP contribution in [-0.2, 0) is 6.42 Å². The summed E-state index contributed by atoms with van der Waals surface area (Å²) in [5.74, 6) is 1.19. The lowest BCUT2D eigenvalue weighted by molar-refractivity contribution is 0.584. The Labute approximate surface area is 154 Å². The lowest BCUT2D eigenvalue weighted by Gasteiger charge is -2.19. The number of rotatable bonds is 1. The zero-order chi connectivity index (χ0) is 17.7. The summed E-state index contributed by atoms with van der Waals surface area (Å²) < 4.78 is 0. The average molecular weight is 341 g/mol. The fourth-order valence-corrected chi connectivity index (χ4v) is 4.64. The molecule has 1 aliphatic carbocycles. The van der Waals surface area contributed by atoms with Gasteiger partial charge in [-0.2, -0.15) is 0 Å². The molecular formula is C23H23N3. The van der Waals surface area contributed by atoms with Crippen LogP contribution in [0.1, 0.15) is 35.4 Å². The molecule has 130 valence electrons. The van der Waals surface area contributed by atoms with Gasteiger partial charge in [-0.3, -0.25) is 0 Å². The molecule has 0 saturated carbocycles. The monoisotopic (exact) mass is 341 g/mol. The van der Waals surface area contributed by atoms with E-state index < -0.39 is 0 Å². The molecule has 3 aromatic rings. The molecular weight excluding hydrogens is 318 g/mol. The van der Waals surface area contributed by atoms with Gasteiger partial charge in [-0.25, -0.2) is 4.99 Å². The molecule has 0 saturated heterocycles. The topological polar surface area (TPSA) is 41.6 Å². The van der Waals surface area contributed by atoms with Crippen molar-refractivity contribution in [3.63, 3.8) is 0 Å². The summed E-state index contributed by atoms with van der Waals surface area (Å²) in [5.41, 5.74) is 13.0. The second kappa shape index (κ2) is 5.87. The van der Waals surface area contributed by atoms with E-state index in [-0.39, 0.29) is 0 Å². The van der Waals surface area contributed by atoms with E-state index >= 15 is 0 Å². The third-order valence-electron chi connectivity index (χ3n) is 5.90. The molecule has 1 heterocycles. The standard InChI is InChI=1S/C23H23N3/c1-15-12-13-20(19-10-3-2-9-18(15)19)25-23(24)26-14-17-8-4-6-16-7-5-11-21(26)22(16)17/h2-3,5,7,9-13,17H,4,6,8,14H2,1H3,(H2,24,25). The van der Waals surface area contributed by atoms with E-state index in [1.807, 2.05) is 0 Å². The quantitative estimate of drug-likeness (QED) is 0.498. The van der Waals surface area contributed by atoms with Gasteiger partial charge in [0.05, 0.1) is 5.69 Å². The summed E-state index contributed by atoms with van der Waals surface area (Å²) in [6, 6.07) is 19.2. The molecule has 0 spiro atoms. The Morgan fingerprint density at radius 1 is 1.04 bits per heavy atom. The lowest BCUT2D eigenvalue weighted by atomic mass is 9.84. The zero-order valence-corrected chi connectivity index (χ0v) is 15.1. The number of hydrogen-bond donors (Lipinski definition) is 1. The van der Waals surface area contributed by atoms with Crippen molar-refractivity contribution in [3.8, 4) is 0 Å². The van der Waals surface area contributed by atoms with Crippen molar-refractivity contribution in [3.05, 3.63) is 71.3 Å². The number of nitrogens with two attached hydrogens (primary N) is 1. The molecule has 3 nitrogen and oxygen atoms in total. The van der Waals surface area contributed by atoms with Crippen LogP contribution in [0.3, 0.4) is 0 Å². The molecule has 0 radical (unpaired) electrons. The molecule has 5 rings (SSSR count). The van der Waals surface area contributed by atoms with E-state index in [2.05, 4.69) is 66.4 Å². The summed E-state index contributed by atoms with van der Waals surface area (Å²) in [6.45, 7) is 3.09. The van der Waals surface area contributed by atoms with E-state index in [9.17, 15) is 0 Å². The van der Waals surface area contributed by atoms with Gasteiger partial charge in [-0.05, 0) is 60.4 Å². The maximum absolute atomic E-state index is 6.52. The maximum Gasteiger partial charge on any atom is 0.201 e. The molecule has 0 aromatic heterocycles. The van der Waals surface area contributed by atoms with Crippen LogP contribution in [0, 0.1) is 6.92 Å². The van der Waals surface area contributed by atoms with Gasteiger partial charge in [0.2, 0.25) is 5.96 Å². The van der Waals surface area contributed by atoms with Crippen LogP contribution in [0.2, 0.25) is 0 Å². The number of anilines is 1. The summed E-state index contributed by atoms with van der Waals surface area (Å²) >= 11 is 0. The van der Waals surface area contributed by atoms with Crippen molar-refractivity contribution in [1.29, 1.82) is 0 Å². The molecule has 26 heavy (non-hydrogen) atoms. The zero-order valence-electron chi connectivity index (χ0n) is 15.1. The van der Waals surface area contributed by atoms with Gasteiger partial charge in [0.25, 0.3) is 0 Å². The molecule has 3 aromatic carbocycles. The predicted molar refractivity (Wildman–Crippen MR) is 109 cm³/mol. The summed E-state index contributed by atoms with van der Waals surface area (Å²) in [5, 5.41) is 2.39. The SMILES string of the molecule is Cc1ccc(N=C(N)N2CC3CCCc4cccc2c43)c2ccccc12. The Morgan fingerprint density at radius 3 is 2.77 bits per heavy atom. The Morgan fingerprint density at radius 2 is 1.88 bits per heavy atom. The van der Waals surface area contributed by atoms with Gasteiger partial charge >= 0.3 is 0 Å². The third-order valence-corrected chi connectivity index (χ3v) is 5.90. The average Bonchev–Trinajstić information content (AvgIpc) is 3.05. The highest BCUT2D eigenvalue weighted by molar-refractivity contribution is 6.02. The predicted octanol–water partition coefficient (Wildman–Crippen LogP) is 5.03. The van der Waals surface area contributed by atoms with E-state index in [4.69, 9.17) is 10.7 Å². The number of aryl methyl sites for hydroxylation is 2. The van der Waals surface area contributed by atoms with Gasteiger partial charge in [0.1, 0.15) is 0 Å². The molecule has 1 aliphatic heterocycles. The van der Waals surface area contributed by atoms with Crippen molar-refractivity contribution < 1.29 is 0 Å². The first-order chi connectivity index (χ1) is 12.7. The molecule has 3 heteroatoms. The highest BCUT2D eigenvalue weighted by Crippen LogP contribution is 2.44. The molecule has 2 N–H and O–H groups in total. The summed E-state index contributed by atoms with van der Waals surface area (Å²) in [6.07, 6.45) is 3.71. The van der Waals surface area contributed by atoms with Gasteiger partial charge < -0.3 is 10.6 Å². The second-order valence-electron chi connectivity index (χ2n) is 7.47. The fourth-order valence-electron chi connectivity index (χ4n) is 4.64. The van der Waals surface area contributed by atoms with Crippen LogP contribution in [0.5, 0.6) is 0 Å². The normalized spacial score (nSPS) is 19.0. The van der Waals surface area contributed by atoms with Crippen LogP contribution in [0.15, 0.2) is 59.6 Å². The minimum Gasteiger partial charge on any atom is -0.369 e. The molecule has 1 atom stereocenters. The number of nitrogens with zero attached hydrogens (tertiary/aromatic N) is 2. The molecule has 1 unspecified atom stereocenters. The number of guanidine groups is 1. The largest absolute Gasteiger partial charge is 0.369 e. The first kappa shape index (κ1) is 15.4. The number of aliphatic imine (C=N–C) groups is 1. The van der Waals surface area contributed by atoms with Gasteiger partial charge in [-0.15, -0.1) is 0 Å². The number of hydrogen-bond acceptors (Lipinski definition) is 1. The first-order valence-corrected chi connectivity index (χ1v) is 9.44. The Bertz CT molecular complexity index is 1030. The number of fused-ring (bicyclic) bond motifs is 1. The van der Waals surface area contributed by atoms with Crippen molar-refractivity contribution in [1.82, 2.24) is 0 Å². The van der Waals surface area contributed by atoms with Crippen molar-refractivity contribution in [2.24, 2.45) is 10.7 Å². The molecule has 0 fully saturated rings. The molecule has 0 bridgehead atoms. The highest BCUT2D eigenvalue weighted by Gasteiger charge is 2.34. The number of benzene rings is 3. The molecule has 2 aliphatic rings. The van der Waals surface area contributed by atoms with Crippen LogP contribution in [0.25, 0.3) is 10.8 Å². The summed E-state index contributed by atoms with van der Waals surface area (Å²) in [4.78, 5) is 7.06. The Kier molecular flexibility index (Phi) is 3.49. The van der Waals surface area contributed by atoms with Crippen molar-refractivity contribution >= 4 is 28.1 Å². The van der Waals surface area contributed by atoms with Crippen molar-refractivity contribution in [2.45, 2.75) is 32.1 Å². The van der Waals surface area contributed by atoms with E-state index in [1.165, 1.54) is 47.0 Å². The maximum atomic E-state index is 6.52. The Hall–Kier alpha value is -2.81. The van der Waals surface area contributed by atoms with E-state index in [0.29, 0.717) is 11.9 Å². The van der Waals surface area contributed by atoms with E-state index in [1.54, 1.807) is 0 Å². The van der Waals surface area contributed by atoms with Gasteiger partial charge in [0.15, 0.2) is 0 Å². The first-order valence-electron chi connectivity index (χ1n) is 9.44. The smallest absolute Gasteiger partial charge is 0.201 e. The minimum absolute atomic E-state index is 0.596. The third kappa shape index (κ3) is 2.31. The van der Waals surface area contributed by atoms with Crippen LogP contribution < -0.4 is 10.6 Å². The van der Waals surface area contributed by atoms with Gasteiger partial charge in [-0.1, -0.05) is 42.5 Å². The van der Waals surface area contributed by atoms with Crippen LogP contribution >= 0.6 is 0 Å². The Balaban J connectivity index is 1.59. The highest BCUT2D eigenvalue weighted by atomic mass is 15.3. The lowest BCUT2D eigenvalue weighted by Crippen LogP contribution is -2.36. The minimum atomic E-state index is 0.596. The fraction of sp³-hybridized carbons (Fsp3) is 0.261. The second-order valence-corrected chi connectivity index (χ2v) is 7.47. The summed E-state index contributed by atoms with van der Waals surface area (Å²) in [7, 11) is 0. The van der Waals surface area contributed by atoms with Crippen molar-refractivity contribution in [2.75, 3.05) is 11.4 Å². The van der Waals surface area contributed by atoms with Crippen LogP contribution in [-0.4, -0.2) is 12.5 Å². The van der Waals surface area contributed by atoms with E-state index in [0.717, 1.165) is 17.6 Å². The molecule has 0 amide bonds. The van der Waals surface area contributed by atoms with Gasteiger partial charge in [0, 0.05) is 23.5 Å².